The van der Waals surface area contributed by atoms with Gasteiger partial charge in [0.15, 0.2) is 6.10 Å². The van der Waals surface area contributed by atoms with Crippen molar-refractivity contribution in [3.8, 4) is 0 Å². The first kappa shape index (κ1) is 54.5. The normalized spacial score (nSPS) is 13.5. The molecule has 0 rings (SSSR count). The van der Waals surface area contributed by atoms with Crippen molar-refractivity contribution < 1.29 is 42.1 Å². The van der Waals surface area contributed by atoms with Crippen molar-refractivity contribution in [3.05, 3.63) is 24.8 Å². The highest BCUT2D eigenvalue weighted by molar-refractivity contribution is 7.45. The zero-order valence-electron chi connectivity index (χ0n) is 36.9. The summed E-state index contributed by atoms with van der Waals surface area (Å²) in [5, 5.41) is 0. The van der Waals surface area contributed by atoms with Crippen LogP contribution in [0.1, 0.15) is 206 Å². The van der Waals surface area contributed by atoms with Crippen LogP contribution in [-0.4, -0.2) is 70.0 Å². The van der Waals surface area contributed by atoms with Gasteiger partial charge in [-0.05, 0) is 51.4 Å². The summed E-state index contributed by atoms with van der Waals surface area (Å²) < 4.78 is 33.9. The van der Waals surface area contributed by atoms with Gasteiger partial charge in [0, 0.05) is 12.8 Å². The molecule has 0 N–H and O–H groups in total. The Morgan fingerprint density at radius 2 is 1.00 bits per heavy atom. The highest BCUT2D eigenvalue weighted by atomic mass is 31.2. The Hall–Kier alpha value is -1.51. The lowest BCUT2D eigenvalue weighted by molar-refractivity contribution is -0.870. The van der Waals surface area contributed by atoms with Crippen molar-refractivity contribution in [2.45, 2.75) is 212 Å². The highest BCUT2D eigenvalue weighted by Crippen LogP contribution is 2.38. The van der Waals surface area contributed by atoms with Crippen LogP contribution in [0, 0.1) is 0 Å². The minimum Gasteiger partial charge on any atom is -0.756 e. The second-order valence-corrected chi connectivity index (χ2v) is 18.3. The van der Waals surface area contributed by atoms with E-state index in [-0.39, 0.29) is 32.0 Å². The molecule has 2 atom stereocenters. The summed E-state index contributed by atoms with van der Waals surface area (Å²) in [6.07, 6.45) is 40.9. The predicted octanol–water partition coefficient (Wildman–Crippen LogP) is 12.5. The van der Waals surface area contributed by atoms with E-state index in [1.807, 2.05) is 27.2 Å². The van der Waals surface area contributed by atoms with Crippen LogP contribution < -0.4 is 4.89 Å². The van der Waals surface area contributed by atoms with Gasteiger partial charge in [0.2, 0.25) is 0 Å². The van der Waals surface area contributed by atoms with Gasteiger partial charge in [0.25, 0.3) is 7.82 Å². The van der Waals surface area contributed by atoms with Gasteiger partial charge in [0.1, 0.15) is 19.8 Å². The van der Waals surface area contributed by atoms with Crippen molar-refractivity contribution in [2.24, 2.45) is 0 Å². The number of quaternary nitrogens is 1. The number of carbonyl (C=O) groups excluding carboxylic acids is 2. The Balaban J connectivity index is 4.30. The number of phosphoric acid groups is 1. The van der Waals surface area contributed by atoms with E-state index in [0.29, 0.717) is 17.4 Å². The average Bonchev–Trinajstić information content (AvgIpc) is 3.15. The van der Waals surface area contributed by atoms with Crippen LogP contribution in [0.2, 0.25) is 0 Å². The third-order valence-electron chi connectivity index (χ3n) is 10.1. The maximum atomic E-state index is 12.7. The molecule has 0 aromatic heterocycles. The fourth-order valence-corrected chi connectivity index (χ4v) is 7.18. The third-order valence-corrected chi connectivity index (χ3v) is 11.1. The number of unbranched alkanes of at least 4 members (excludes halogenated alkanes) is 26. The molecule has 0 saturated heterocycles. The number of carbonyl (C=O) groups is 2. The molecule has 0 aliphatic rings. The lowest BCUT2D eigenvalue weighted by atomic mass is 10.0. The monoisotopic (exact) mass is 814 g/mol. The van der Waals surface area contributed by atoms with Crippen molar-refractivity contribution >= 4 is 19.8 Å². The molecule has 56 heavy (non-hydrogen) atoms. The summed E-state index contributed by atoms with van der Waals surface area (Å²) in [7, 11) is 1.17. The van der Waals surface area contributed by atoms with E-state index in [4.69, 9.17) is 18.5 Å². The van der Waals surface area contributed by atoms with Crippen LogP contribution in [0.15, 0.2) is 24.8 Å². The van der Waals surface area contributed by atoms with E-state index < -0.39 is 26.5 Å². The zero-order valence-corrected chi connectivity index (χ0v) is 37.8. The predicted molar refractivity (Wildman–Crippen MR) is 231 cm³/mol. The summed E-state index contributed by atoms with van der Waals surface area (Å²) in [4.78, 5) is 37.6. The molecule has 0 bridgehead atoms. The summed E-state index contributed by atoms with van der Waals surface area (Å²) in [6.45, 7) is 5.76. The Morgan fingerprint density at radius 3 is 1.45 bits per heavy atom. The smallest absolute Gasteiger partial charge is 0.306 e. The number of ether oxygens (including phenoxy) is 2. The molecule has 0 aliphatic heterocycles. The molecule has 0 heterocycles. The van der Waals surface area contributed by atoms with E-state index in [1.54, 1.807) is 0 Å². The van der Waals surface area contributed by atoms with Gasteiger partial charge in [0.05, 0.1) is 27.7 Å². The highest BCUT2D eigenvalue weighted by Gasteiger charge is 2.21. The minimum atomic E-state index is -4.62. The Bertz CT molecular complexity index is 998. The fourth-order valence-electron chi connectivity index (χ4n) is 6.45. The largest absolute Gasteiger partial charge is 0.756 e. The van der Waals surface area contributed by atoms with E-state index in [2.05, 4.69) is 25.7 Å². The minimum absolute atomic E-state index is 0.0306. The topological polar surface area (TPSA) is 111 Å². The maximum Gasteiger partial charge on any atom is 0.306 e. The summed E-state index contributed by atoms with van der Waals surface area (Å²) >= 11 is 0. The van der Waals surface area contributed by atoms with Crippen molar-refractivity contribution in [1.82, 2.24) is 0 Å². The second kappa shape index (κ2) is 39.0. The molecule has 10 heteroatoms. The Kier molecular flexibility index (Phi) is 37.9. The van der Waals surface area contributed by atoms with Crippen LogP contribution in [0.25, 0.3) is 0 Å². The van der Waals surface area contributed by atoms with E-state index >= 15 is 0 Å². The first-order valence-electron chi connectivity index (χ1n) is 23.0. The number of hydrogen-bond acceptors (Lipinski definition) is 8. The second-order valence-electron chi connectivity index (χ2n) is 16.8. The van der Waals surface area contributed by atoms with Crippen molar-refractivity contribution in [3.63, 3.8) is 0 Å². The molecule has 0 aromatic carbocycles. The molecule has 0 saturated carbocycles. The molecule has 9 nitrogen and oxygen atoms in total. The number of phosphoric ester groups is 1. The van der Waals surface area contributed by atoms with Crippen LogP contribution in [-0.2, 0) is 32.7 Å². The molecular formula is C46H88NO8P. The summed E-state index contributed by atoms with van der Waals surface area (Å²) in [5.74, 6) is -0.836. The van der Waals surface area contributed by atoms with Crippen molar-refractivity contribution in [2.75, 3.05) is 47.5 Å². The molecule has 0 spiro atoms. The van der Waals surface area contributed by atoms with Gasteiger partial charge < -0.3 is 27.9 Å². The molecule has 0 fully saturated rings. The number of rotatable bonds is 43. The molecular weight excluding hydrogens is 725 g/mol. The van der Waals surface area contributed by atoms with Gasteiger partial charge in [-0.15, -0.1) is 6.58 Å². The lowest BCUT2D eigenvalue weighted by Crippen LogP contribution is -2.37. The third kappa shape index (κ3) is 42.1. The quantitative estimate of drug-likeness (QED) is 0.0197. The summed E-state index contributed by atoms with van der Waals surface area (Å²) in [6, 6.07) is 0. The number of hydrogen-bond donors (Lipinski definition) is 0. The average molecular weight is 814 g/mol. The van der Waals surface area contributed by atoms with Crippen LogP contribution >= 0.6 is 7.82 Å². The zero-order chi connectivity index (χ0) is 41.4. The maximum absolute atomic E-state index is 12.7. The van der Waals surface area contributed by atoms with E-state index in [1.165, 1.54) is 122 Å². The first-order chi connectivity index (χ1) is 27.0. The van der Waals surface area contributed by atoms with Crippen molar-refractivity contribution in [1.29, 1.82) is 0 Å². The standard InChI is InChI=1S/C46H88NO8P/c1-6-8-10-12-14-16-18-20-22-23-25-26-28-30-32-34-36-38-45(48)52-42-44(43-54-56(50,51)53-41-40-47(3,4)5)55-46(49)39-37-35-33-31-29-27-24-21-19-17-15-13-11-9-7-2/h7,20,22,44H,2,6,8-19,21,23-43H2,1,3-5H3/b22-20+/t44-/m1/s1. The van der Waals surface area contributed by atoms with Gasteiger partial charge in [-0.1, -0.05) is 160 Å². The number of likely N-dealkylation sites (N-methyl/N-ethyl adjacent to an activating group) is 1. The molecule has 330 valence electrons. The van der Waals surface area contributed by atoms with Gasteiger partial charge in [-0.3, -0.25) is 14.2 Å². The first-order valence-corrected chi connectivity index (χ1v) is 24.5. The lowest BCUT2D eigenvalue weighted by Gasteiger charge is -2.28. The molecule has 0 aliphatic carbocycles. The fraction of sp³-hybridized carbons (Fsp3) is 0.870. The number of nitrogens with zero attached hydrogens (tertiary/aromatic N) is 1. The SMILES string of the molecule is C=CCCCCCCCCCCCCCCCC(=O)O[C@H](COC(=O)CCCCCCCCC/C=C/CCCCCCCC)COP(=O)([O-])OCC[N+](C)(C)C. The van der Waals surface area contributed by atoms with E-state index in [9.17, 15) is 19.0 Å². The molecule has 1 unspecified atom stereocenters. The van der Waals surface area contributed by atoms with Crippen LogP contribution in [0.3, 0.4) is 0 Å². The summed E-state index contributed by atoms with van der Waals surface area (Å²) in [5.41, 5.74) is 0. The molecule has 0 radical (unpaired) electrons. The van der Waals surface area contributed by atoms with Gasteiger partial charge in [-0.2, -0.15) is 0 Å². The van der Waals surface area contributed by atoms with Gasteiger partial charge in [-0.25, -0.2) is 0 Å². The number of allylic oxidation sites excluding steroid dienone is 3. The van der Waals surface area contributed by atoms with Crippen LogP contribution in [0.5, 0.6) is 0 Å². The van der Waals surface area contributed by atoms with Crippen LogP contribution in [0.4, 0.5) is 0 Å². The number of esters is 2. The molecule has 0 aromatic rings. The van der Waals surface area contributed by atoms with Gasteiger partial charge >= 0.3 is 11.9 Å². The Morgan fingerprint density at radius 1 is 0.589 bits per heavy atom. The molecule has 0 amide bonds. The Labute approximate surface area is 345 Å². The van der Waals surface area contributed by atoms with E-state index in [0.717, 1.165) is 57.8 Å².